The molecule has 172 valence electrons. The lowest BCUT2D eigenvalue weighted by Gasteiger charge is -2.19. The maximum absolute atomic E-state index is 12.2. The van der Waals surface area contributed by atoms with Gasteiger partial charge in [-0.05, 0) is 46.4 Å². The Morgan fingerprint density at radius 1 is 0.939 bits per heavy atom. The van der Waals surface area contributed by atoms with Gasteiger partial charge in [0.1, 0.15) is 12.7 Å². The van der Waals surface area contributed by atoms with Gasteiger partial charge in [0.25, 0.3) is 0 Å². The number of ether oxygens (including phenoxy) is 1. The maximum atomic E-state index is 12.2. The molecule has 0 spiro atoms. The second kappa shape index (κ2) is 10.3. The van der Waals surface area contributed by atoms with E-state index in [1.807, 2.05) is 36.4 Å². The molecule has 0 saturated heterocycles. The van der Waals surface area contributed by atoms with Gasteiger partial charge in [0.05, 0.1) is 21.2 Å². The zero-order valence-electron chi connectivity index (χ0n) is 17.5. The topological polar surface area (TPSA) is 78.8 Å². The molecule has 3 aromatic carbocycles. The van der Waals surface area contributed by atoms with Crippen LogP contribution in [-0.2, 0) is 4.74 Å². The second-order valence-corrected chi connectivity index (χ2v) is 9.04. The molecule has 0 aromatic heterocycles. The molecule has 1 amide bonds. The Morgan fingerprint density at radius 3 is 2.06 bits per heavy atom. The van der Waals surface area contributed by atoms with Crippen LogP contribution < -0.4 is 5.32 Å². The van der Waals surface area contributed by atoms with Crippen LogP contribution in [0, 0.1) is 0 Å². The first-order valence-corrected chi connectivity index (χ1v) is 11.6. The number of alkyl carbamates (subject to hydrolysis) is 1. The first kappa shape index (κ1) is 23.9. The molecule has 1 aliphatic rings. The molecular formula is C25H22Cl3NO4. The molecule has 2 atom stereocenters. The standard InChI is InChI=1S/C25H22Cl3NO4/c26-20-11-14(12-21(27)23(20)28)24(31)22(30)9-10-29-25(32)33-13-19-17-7-3-1-5-15(17)16-6-2-4-8-18(16)19/h1-8,11-12,19,22,24,30-31H,9-10,13H2,(H,29,32). The van der Waals surface area contributed by atoms with Crippen LogP contribution in [0.15, 0.2) is 60.7 Å². The van der Waals surface area contributed by atoms with Gasteiger partial charge in [-0.1, -0.05) is 83.3 Å². The van der Waals surface area contributed by atoms with E-state index >= 15 is 0 Å². The minimum atomic E-state index is -1.23. The van der Waals surface area contributed by atoms with Crippen molar-refractivity contribution in [3.8, 4) is 11.1 Å². The first-order chi connectivity index (χ1) is 15.9. The van der Waals surface area contributed by atoms with Crippen LogP contribution in [0.3, 0.4) is 0 Å². The van der Waals surface area contributed by atoms with Gasteiger partial charge in [-0.25, -0.2) is 4.79 Å². The summed E-state index contributed by atoms with van der Waals surface area (Å²) < 4.78 is 5.47. The van der Waals surface area contributed by atoms with Gasteiger partial charge in [-0.15, -0.1) is 0 Å². The Hall–Kier alpha value is -2.28. The van der Waals surface area contributed by atoms with Crippen molar-refractivity contribution in [3.63, 3.8) is 0 Å². The fourth-order valence-corrected chi connectivity index (χ4v) is 4.71. The number of aliphatic hydroxyl groups is 2. The number of hydrogen-bond acceptors (Lipinski definition) is 4. The molecule has 0 fully saturated rings. The highest BCUT2D eigenvalue weighted by Gasteiger charge is 2.29. The Balaban J connectivity index is 1.29. The largest absolute Gasteiger partial charge is 0.449 e. The summed E-state index contributed by atoms with van der Waals surface area (Å²) >= 11 is 17.9. The van der Waals surface area contributed by atoms with Crippen molar-refractivity contribution >= 4 is 40.9 Å². The molecule has 0 heterocycles. The van der Waals surface area contributed by atoms with Crippen LogP contribution in [0.1, 0.15) is 35.1 Å². The van der Waals surface area contributed by atoms with Crippen molar-refractivity contribution in [3.05, 3.63) is 92.4 Å². The van der Waals surface area contributed by atoms with E-state index < -0.39 is 18.3 Å². The van der Waals surface area contributed by atoms with E-state index in [0.717, 1.165) is 22.3 Å². The Labute approximate surface area is 206 Å². The van der Waals surface area contributed by atoms with E-state index in [-0.39, 0.29) is 40.6 Å². The Kier molecular flexibility index (Phi) is 7.47. The highest BCUT2D eigenvalue weighted by atomic mass is 35.5. The van der Waals surface area contributed by atoms with Crippen LogP contribution in [0.25, 0.3) is 11.1 Å². The van der Waals surface area contributed by atoms with E-state index in [1.54, 1.807) is 0 Å². The number of benzene rings is 3. The number of rotatable bonds is 7. The molecule has 0 radical (unpaired) electrons. The first-order valence-electron chi connectivity index (χ1n) is 10.5. The van der Waals surface area contributed by atoms with Crippen LogP contribution in [-0.4, -0.2) is 35.6 Å². The number of amides is 1. The lowest BCUT2D eigenvalue weighted by molar-refractivity contribution is 0.0137. The zero-order valence-corrected chi connectivity index (χ0v) is 19.7. The molecule has 0 saturated carbocycles. The van der Waals surface area contributed by atoms with Gasteiger partial charge in [-0.3, -0.25) is 0 Å². The molecular weight excluding hydrogens is 485 g/mol. The third-order valence-corrected chi connectivity index (χ3v) is 6.96. The molecule has 33 heavy (non-hydrogen) atoms. The molecule has 4 rings (SSSR count). The van der Waals surface area contributed by atoms with Crippen molar-refractivity contribution in [1.29, 1.82) is 0 Å². The lowest BCUT2D eigenvalue weighted by Crippen LogP contribution is -2.30. The van der Waals surface area contributed by atoms with Crippen molar-refractivity contribution in [2.75, 3.05) is 13.2 Å². The number of carbonyl (C=O) groups is 1. The predicted molar refractivity (Wildman–Crippen MR) is 130 cm³/mol. The summed E-state index contributed by atoms with van der Waals surface area (Å²) in [5, 5.41) is 23.8. The van der Waals surface area contributed by atoms with E-state index in [9.17, 15) is 15.0 Å². The summed E-state index contributed by atoms with van der Waals surface area (Å²) in [6, 6.07) is 19.1. The van der Waals surface area contributed by atoms with Crippen LogP contribution in [0.2, 0.25) is 15.1 Å². The predicted octanol–water partition coefficient (Wildman–Crippen LogP) is 5.97. The van der Waals surface area contributed by atoms with Crippen molar-refractivity contribution in [2.24, 2.45) is 0 Å². The molecule has 1 aliphatic carbocycles. The van der Waals surface area contributed by atoms with Gasteiger partial charge < -0.3 is 20.3 Å². The SMILES string of the molecule is O=C(NCCC(O)C(O)c1cc(Cl)c(Cl)c(Cl)c1)OCC1c2ccccc2-c2ccccc21. The molecule has 3 aromatic rings. The molecule has 0 aliphatic heterocycles. The van der Waals surface area contributed by atoms with Crippen LogP contribution in [0.4, 0.5) is 4.79 Å². The van der Waals surface area contributed by atoms with E-state index in [1.165, 1.54) is 12.1 Å². The van der Waals surface area contributed by atoms with Crippen molar-refractivity contribution in [1.82, 2.24) is 5.32 Å². The molecule has 8 heteroatoms. The highest BCUT2D eigenvalue weighted by Crippen LogP contribution is 2.44. The van der Waals surface area contributed by atoms with E-state index in [2.05, 4.69) is 17.4 Å². The maximum Gasteiger partial charge on any atom is 0.407 e. The molecule has 5 nitrogen and oxygen atoms in total. The van der Waals surface area contributed by atoms with Crippen LogP contribution in [0.5, 0.6) is 0 Å². The van der Waals surface area contributed by atoms with Crippen molar-refractivity contribution < 1.29 is 19.7 Å². The summed E-state index contributed by atoms with van der Waals surface area (Å²) in [7, 11) is 0. The normalized spacial score (nSPS) is 14.3. The zero-order chi connectivity index (χ0) is 23.5. The van der Waals surface area contributed by atoms with Crippen molar-refractivity contribution in [2.45, 2.75) is 24.5 Å². The third kappa shape index (κ3) is 5.13. The highest BCUT2D eigenvalue weighted by molar-refractivity contribution is 6.48. The smallest absolute Gasteiger partial charge is 0.407 e. The molecule has 0 bridgehead atoms. The number of carbonyl (C=O) groups excluding carboxylic acids is 1. The van der Waals surface area contributed by atoms with Gasteiger partial charge in [0.15, 0.2) is 0 Å². The monoisotopic (exact) mass is 505 g/mol. The Bertz CT molecular complexity index is 1100. The fraction of sp³-hybridized carbons (Fsp3) is 0.240. The molecule has 3 N–H and O–H groups in total. The van der Waals surface area contributed by atoms with Gasteiger partial charge in [-0.2, -0.15) is 0 Å². The van der Waals surface area contributed by atoms with Gasteiger partial charge in [0, 0.05) is 12.5 Å². The number of nitrogens with one attached hydrogen (secondary N) is 1. The fourth-order valence-electron chi connectivity index (χ4n) is 4.10. The summed E-state index contributed by atoms with van der Waals surface area (Å²) in [6.45, 7) is 0.316. The minimum Gasteiger partial charge on any atom is -0.449 e. The summed E-state index contributed by atoms with van der Waals surface area (Å²) in [5.41, 5.74) is 4.90. The van der Waals surface area contributed by atoms with Crippen LogP contribution >= 0.6 is 34.8 Å². The minimum absolute atomic E-state index is 0.0324. The van der Waals surface area contributed by atoms with E-state index in [0.29, 0.717) is 5.56 Å². The average Bonchev–Trinajstić information content (AvgIpc) is 3.14. The summed E-state index contributed by atoms with van der Waals surface area (Å²) in [5.74, 6) is -0.0324. The lowest BCUT2D eigenvalue weighted by atomic mass is 9.98. The number of aliphatic hydroxyl groups excluding tert-OH is 2. The molecule has 2 unspecified atom stereocenters. The average molecular weight is 507 g/mol. The van der Waals surface area contributed by atoms with E-state index in [4.69, 9.17) is 39.5 Å². The Morgan fingerprint density at radius 2 is 1.48 bits per heavy atom. The van der Waals surface area contributed by atoms with Gasteiger partial charge >= 0.3 is 6.09 Å². The number of fused-ring (bicyclic) bond motifs is 3. The summed E-state index contributed by atoms with van der Waals surface area (Å²) in [4.78, 5) is 12.2. The second-order valence-electron chi connectivity index (χ2n) is 7.85. The third-order valence-electron chi connectivity index (χ3n) is 5.77. The summed E-state index contributed by atoms with van der Waals surface area (Å²) in [6.07, 6.45) is -2.87. The quantitative estimate of drug-likeness (QED) is 0.345. The number of halogens is 3. The number of hydrogen-bond donors (Lipinski definition) is 3. The van der Waals surface area contributed by atoms with Gasteiger partial charge in [0.2, 0.25) is 0 Å².